The Morgan fingerprint density at radius 3 is 2.30 bits per heavy atom. The maximum Gasteiger partial charge on any atom is 0.410 e. The first-order chi connectivity index (χ1) is 10.8. The second-order valence-corrected chi connectivity index (χ2v) is 7.58. The molecule has 0 aromatic carbocycles. The summed E-state index contributed by atoms with van der Waals surface area (Å²) in [5, 5.41) is 1.99. The normalized spacial score (nSPS) is 16.4. The van der Waals surface area contributed by atoms with Crippen molar-refractivity contribution in [3.63, 3.8) is 0 Å². The van der Waals surface area contributed by atoms with Crippen molar-refractivity contribution in [2.45, 2.75) is 33.3 Å². The van der Waals surface area contributed by atoms with Gasteiger partial charge in [0, 0.05) is 36.6 Å². The molecule has 2 heterocycles. The van der Waals surface area contributed by atoms with Crippen LogP contribution in [-0.4, -0.2) is 53.6 Å². The number of ether oxygens (including phenoxy) is 1. The highest BCUT2D eigenvalue weighted by molar-refractivity contribution is 7.10. The maximum atomic E-state index is 12.5. The van der Waals surface area contributed by atoms with Gasteiger partial charge in [0.25, 0.3) is 0 Å². The van der Waals surface area contributed by atoms with Crippen LogP contribution in [0.15, 0.2) is 23.1 Å². The van der Waals surface area contributed by atoms with Gasteiger partial charge in [0.2, 0.25) is 5.91 Å². The summed E-state index contributed by atoms with van der Waals surface area (Å²) < 4.78 is 5.36. The monoisotopic (exact) mass is 336 g/mol. The molecule has 0 N–H and O–H groups in total. The van der Waals surface area contributed by atoms with Gasteiger partial charge in [-0.3, -0.25) is 4.79 Å². The van der Waals surface area contributed by atoms with Gasteiger partial charge in [0.05, 0.1) is 0 Å². The Hall–Kier alpha value is -1.82. The molecule has 5 nitrogen and oxygen atoms in total. The van der Waals surface area contributed by atoms with E-state index >= 15 is 0 Å². The van der Waals surface area contributed by atoms with Crippen molar-refractivity contribution in [3.05, 3.63) is 28.0 Å². The molecule has 6 heteroatoms. The summed E-state index contributed by atoms with van der Waals surface area (Å²) in [6.07, 6.45) is 1.60. The number of carbonyl (C=O) groups excluding carboxylic acids is 2. The van der Waals surface area contributed by atoms with E-state index in [1.54, 1.807) is 21.1 Å². The van der Waals surface area contributed by atoms with Crippen LogP contribution >= 0.6 is 11.3 Å². The lowest BCUT2D eigenvalue weighted by Crippen LogP contribution is -2.51. The summed E-state index contributed by atoms with van der Waals surface area (Å²) in [6, 6.07) is 3.95. The number of carbonyl (C=O) groups is 2. The van der Waals surface area contributed by atoms with Gasteiger partial charge in [-0.05, 0) is 45.2 Å². The Kier molecular flexibility index (Phi) is 5.46. The van der Waals surface area contributed by atoms with Crippen molar-refractivity contribution < 1.29 is 14.3 Å². The largest absolute Gasteiger partial charge is 0.444 e. The maximum absolute atomic E-state index is 12.5. The molecule has 1 aromatic heterocycles. The van der Waals surface area contributed by atoms with Gasteiger partial charge in [0.15, 0.2) is 0 Å². The Labute approximate surface area is 141 Å². The molecule has 0 radical (unpaired) electrons. The predicted octanol–water partition coefficient (Wildman–Crippen LogP) is 3.23. The molecule has 2 rings (SSSR count). The highest BCUT2D eigenvalue weighted by Gasteiger charge is 2.27. The molecule has 0 unspecified atom stereocenters. The summed E-state index contributed by atoms with van der Waals surface area (Å²) >= 11 is 1.61. The number of hydrogen-bond donors (Lipinski definition) is 0. The third-order valence-electron chi connectivity index (χ3n) is 3.46. The van der Waals surface area contributed by atoms with Gasteiger partial charge in [-0.2, -0.15) is 0 Å². The van der Waals surface area contributed by atoms with Gasteiger partial charge in [-0.15, -0.1) is 11.3 Å². The molecule has 1 aliphatic rings. The third-order valence-corrected chi connectivity index (χ3v) is 4.28. The van der Waals surface area contributed by atoms with E-state index in [1.807, 2.05) is 51.3 Å². The average molecular weight is 336 g/mol. The molecule has 1 saturated heterocycles. The SMILES string of the molecule is C/C(=C\c1cccs1)C(=O)N1CCN(C(=O)OC(C)(C)C)CC1. The smallest absolute Gasteiger partial charge is 0.410 e. The van der Waals surface area contributed by atoms with Crippen molar-refractivity contribution in [2.75, 3.05) is 26.2 Å². The highest BCUT2D eigenvalue weighted by Crippen LogP contribution is 2.16. The summed E-state index contributed by atoms with van der Waals surface area (Å²) in [5.41, 5.74) is 0.225. The van der Waals surface area contributed by atoms with E-state index in [0.29, 0.717) is 26.2 Å². The lowest BCUT2D eigenvalue weighted by Gasteiger charge is -2.35. The molecule has 0 saturated carbocycles. The second kappa shape index (κ2) is 7.17. The number of thiophene rings is 1. The quantitative estimate of drug-likeness (QED) is 0.779. The number of nitrogens with zero attached hydrogens (tertiary/aromatic N) is 2. The van der Waals surface area contributed by atoms with Crippen LogP contribution in [0, 0.1) is 0 Å². The second-order valence-electron chi connectivity index (χ2n) is 6.60. The Bertz CT molecular complexity index is 579. The Morgan fingerprint density at radius 2 is 1.78 bits per heavy atom. The third kappa shape index (κ3) is 5.10. The molecular formula is C17H24N2O3S. The van der Waals surface area contributed by atoms with Gasteiger partial charge in [-0.25, -0.2) is 4.79 Å². The zero-order chi connectivity index (χ0) is 17.0. The molecular weight excluding hydrogens is 312 g/mol. The molecule has 0 bridgehead atoms. The molecule has 1 aromatic rings. The number of hydrogen-bond acceptors (Lipinski definition) is 4. The van der Waals surface area contributed by atoms with E-state index in [-0.39, 0.29) is 12.0 Å². The van der Waals surface area contributed by atoms with E-state index in [0.717, 1.165) is 10.5 Å². The van der Waals surface area contributed by atoms with Crippen LogP contribution in [0.5, 0.6) is 0 Å². The topological polar surface area (TPSA) is 49.9 Å². The number of rotatable bonds is 2. The molecule has 0 atom stereocenters. The van der Waals surface area contributed by atoms with Crippen LogP contribution in [0.25, 0.3) is 6.08 Å². The van der Waals surface area contributed by atoms with Crippen molar-refractivity contribution in [1.82, 2.24) is 9.80 Å². The summed E-state index contributed by atoms with van der Waals surface area (Å²) in [5.74, 6) is 0.0299. The lowest BCUT2D eigenvalue weighted by atomic mass is 10.2. The van der Waals surface area contributed by atoms with Crippen molar-refractivity contribution in [3.8, 4) is 0 Å². The minimum Gasteiger partial charge on any atom is -0.444 e. The zero-order valence-corrected chi connectivity index (χ0v) is 15.0. The first kappa shape index (κ1) is 17.5. The van der Waals surface area contributed by atoms with E-state index in [4.69, 9.17) is 4.74 Å². The average Bonchev–Trinajstić information content (AvgIpc) is 2.97. The fourth-order valence-corrected chi connectivity index (χ4v) is 3.03. The van der Waals surface area contributed by atoms with Crippen LogP contribution in [-0.2, 0) is 9.53 Å². The Balaban J connectivity index is 1.89. The van der Waals surface area contributed by atoms with Gasteiger partial charge < -0.3 is 14.5 Å². The molecule has 2 amide bonds. The fraction of sp³-hybridized carbons (Fsp3) is 0.529. The van der Waals surface area contributed by atoms with Gasteiger partial charge >= 0.3 is 6.09 Å². The first-order valence-electron chi connectivity index (χ1n) is 7.75. The molecule has 1 fully saturated rings. The van der Waals surface area contributed by atoms with Crippen molar-refractivity contribution in [2.24, 2.45) is 0 Å². The standard InChI is InChI=1S/C17H24N2O3S/c1-13(12-14-6-5-11-23-14)15(20)18-7-9-19(10-8-18)16(21)22-17(2,3)4/h5-6,11-12H,7-10H2,1-4H3/b13-12+. The van der Waals surface area contributed by atoms with E-state index < -0.39 is 5.60 Å². The Morgan fingerprint density at radius 1 is 1.17 bits per heavy atom. The van der Waals surface area contributed by atoms with E-state index in [9.17, 15) is 9.59 Å². The molecule has 23 heavy (non-hydrogen) atoms. The van der Waals surface area contributed by atoms with Crippen LogP contribution < -0.4 is 0 Å². The van der Waals surface area contributed by atoms with Gasteiger partial charge in [0.1, 0.15) is 5.60 Å². The van der Waals surface area contributed by atoms with E-state index in [2.05, 4.69) is 0 Å². The van der Waals surface area contributed by atoms with Crippen LogP contribution in [0.3, 0.4) is 0 Å². The van der Waals surface area contributed by atoms with Crippen LogP contribution in [0.2, 0.25) is 0 Å². The molecule has 0 spiro atoms. The summed E-state index contributed by atoms with van der Waals surface area (Å²) in [4.78, 5) is 29.0. The molecule has 0 aliphatic carbocycles. The number of amides is 2. The number of piperazine rings is 1. The molecule has 1 aliphatic heterocycles. The minimum atomic E-state index is -0.496. The fourth-order valence-electron chi connectivity index (χ4n) is 2.32. The summed E-state index contributed by atoms with van der Waals surface area (Å²) in [7, 11) is 0. The highest BCUT2D eigenvalue weighted by atomic mass is 32.1. The minimum absolute atomic E-state index is 0.0299. The van der Waals surface area contributed by atoms with Crippen LogP contribution in [0.4, 0.5) is 4.79 Å². The van der Waals surface area contributed by atoms with Gasteiger partial charge in [-0.1, -0.05) is 6.07 Å². The van der Waals surface area contributed by atoms with Crippen molar-refractivity contribution >= 4 is 29.4 Å². The van der Waals surface area contributed by atoms with Crippen molar-refractivity contribution in [1.29, 1.82) is 0 Å². The summed E-state index contributed by atoms with van der Waals surface area (Å²) in [6.45, 7) is 9.47. The molecule has 126 valence electrons. The first-order valence-corrected chi connectivity index (χ1v) is 8.63. The lowest BCUT2D eigenvalue weighted by molar-refractivity contribution is -0.128. The van der Waals surface area contributed by atoms with Crippen LogP contribution in [0.1, 0.15) is 32.6 Å². The predicted molar refractivity (Wildman–Crippen MR) is 92.4 cm³/mol. The van der Waals surface area contributed by atoms with E-state index in [1.165, 1.54) is 0 Å². The zero-order valence-electron chi connectivity index (χ0n) is 14.2.